The normalized spacial score (nSPS) is 15.6. The van der Waals surface area contributed by atoms with Crippen LogP contribution in [0.4, 0.5) is 0 Å². The van der Waals surface area contributed by atoms with Crippen molar-refractivity contribution in [1.29, 1.82) is 0 Å². The second-order valence-corrected chi connectivity index (χ2v) is 7.89. The number of aryl methyl sites for hydroxylation is 1. The molecule has 0 bridgehead atoms. The second kappa shape index (κ2) is 9.34. The van der Waals surface area contributed by atoms with Crippen molar-refractivity contribution >= 4 is 5.91 Å². The van der Waals surface area contributed by atoms with Gasteiger partial charge in [0.15, 0.2) is 11.5 Å². The Morgan fingerprint density at radius 1 is 1.06 bits per heavy atom. The largest absolute Gasteiger partial charge is 0.497 e. The summed E-state index contributed by atoms with van der Waals surface area (Å²) < 4.78 is 18.4. The number of aromatic nitrogens is 2. The van der Waals surface area contributed by atoms with Gasteiger partial charge in [-0.15, -0.1) is 0 Å². The van der Waals surface area contributed by atoms with E-state index >= 15 is 0 Å². The number of imidazole rings is 1. The van der Waals surface area contributed by atoms with Crippen LogP contribution in [0, 0.1) is 6.92 Å². The smallest absolute Gasteiger partial charge is 0.258 e. The minimum atomic E-state index is -0.0923. The highest BCUT2D eigenvalue weighted by Crippen LogP contribution is 2.37. The molecule has 0 aliphatic carbocycles. The van der Waals surface area contributed by atoms with E-state index in [9.17, 15) is 4.79 Å². The Bertz CT molecular complexity index is 1090. The molecule has 32 heavy (non-hydrogen) atoms. The summed E-state index contributed by atoms with van der Waals surface area (Å²) in [6.45, 7) is 3.41. The van der Waals surface area contributed by atoms with Gasteiger partial charge in [-0.05, 0) is 49.6 Å². The summed E-state index contributed by atoms with van der Waals surface area (Å²) in [5.41, 5.74) is 2.72. The van der Waals surface area contributed by atoms with E-state index in [4.69, 9.17) is 19.2 Å². The first kappa shape index (κ1) is 21.7. The third kappa shape index (κ3) is 4.02. The second-order valence-electron chi connectivity index (χ2n) is 7.89. The van der Waals surface area contributed by atoms with Crippen LogP contribution in [0.1, 0.15) is 46.3 Å². The molecule has 0 radical (unpaired) electrons. The first-order chi connectivity index (χ1) is 15.6. The zero-order valence-corrected chi connectivity index (χ0v) is 19.0. The lowest BCUT2D eigenvalue weighted by Gasteiger charge is -2.26. The predicted octanol–water partition coefficient (Wildman–Crippen LogP) is 4.24. The van der Waals surface area contributed by atoms with E-state index in [1.165, 1.54) is 0 Å². The summed E-state index contributed by atoms with van der Waals surface area (Å²) in [7, 11) is 4.79. The van der Waals surface area contributed by atoms with Gasteiger partial charge in [-0.3, -0.25) is 4.79 Å². The van der Waals surface area contributed by atoms with Crippen molar-refractivity contribution in [2.75, 3.05) is 27.9 Å². The maximum absolute atomic E-state index is 13.6. The molecule has 1 amide bonds. The van der Waals surface area contributed by atoms with Crippen molar-refractivity contribution in [2.24, 2.45) is 0 Å². The van der Waals surface area contributed by atoms with Gasteiger partial charge < -0.3 is 23.7 Å². The molecule has 1 saturated heterocycles. The lowest BCUT2D eigenvalue weighted by molar-refractivity contribution is 0.0723. The number of hydrogen-bond acceptors (Lipinski definition) is 5. The molecule has 1 fully saturated rings. The van der Waals surface area contributed by atoms with Gasteiger partial charge >= 0.3 is 0 Å². The Morgan fingerprint density at radius 3 is 2.53 bits per heavy atom. The van der Waals surface area contributed by atoms with Gasteiger partial charge in [0.2, 0.25) is 0 Å². The van der Waals surface area contributed by atoms with Crippen molar-refractivity contribution in [3.8, 4) is 17.2 Å². The average molecular weight is 436 g/mol. The molecule has 7 nitrogen and oxygen atoms in total. The van der Waals surface area contributed by atoms with Crippen LogP contribution in [-0.2, 0) is 6.54 Å². The molecule has 1 aliphatic rings. The molecule has 3 aromatic rings. The fourth-order valence-electron chi connectivity index (χ4n) is 4.35. The van der Waals surface area contributed by atoms with Gasteiger partial charge in [0.1, 0.15) is 11.6 Å². The molecule has 4 rings (SSSR count). The number of ether oxygens (including phenoxy) is 3. The number of carbonyl (C=O) groups is 1. The van der Waals surface area contributed by atoms with E-state index in [1.54, 1.807) is 33.5 Å². The minimum absolute atomic E-state index is 0.0695. The van der Waals surface area contributed by atoms with Crippen molar-refractivity contribution in [3.63, 3.8) is 0 Å². The Balaban J connectivity index is 1.64. The monoisotopic (exact) mass is 435 g/mol. The van der Waals surface area contributed by atoms with Crippen LogP contribution in [-0.4, -0.2) is 48.2 Å². The molecule has 7 heteroatoms. The number of methoxy groups -OCH3 is 3. The molecule has 168 valence electrons. The number of rotatable bonds is 7. The van der Waals surface area contributed by atoms with Crippen LogP contribution in [0.5, 0.6) is 17.2 Å². The van der Waals surface area contributed by atoms with E-state index < -0.39 is 0 Å². The number of benzene rings is 2. The van der Waals surface area contributed by atoms with E-state index in [2.05, 4.69) is 16.7 Å². The summed E-state index contributed by atoms with van der Waals surface area (Å²) in [6, 6.07) is 13.3. The topological polar surface area (TPSA) is 65.8 Å². The zero-order chi connectivity index (χ0) is 22.7. The van der Waals surface area contributed by atoms with Crippen LogP contribution in [0.15, 0.2) is 48.7 Å². The van der Waals surface area contributed by atoms with Gasteiger partial charge in [-0.1, -0.05) is 18.2 Å². The van der Waals surface area contributed by atoms with E-state index in [-0.39, 0.29) is 11.9 Å². The van der Waals surface area contributed by atoms with Crippen molar-refractivity contribution < 1.29 is 19.0 Å². The fourth-order valence-corrected chi connectivity index (χ4v) is 4.35. The Kier molecular flexibility index (Phi) is 6.35. The summed E-state index contributed by atoms with van der Waals surface area (Å²) in [6.07, 6.45) is 3.68. The SMILES string of the molecule is COc1ccc(Cn2c(C)cnc2C2CCCN2C(=O)c2cccc(OC)c2OC)cc1. The Labute approximate surface area is 188 Å². The van der Waals surface area contributed by atoms with E-state index in [1.807, 2.05) is 36.2 Å². The molecular formula is C25H29N3O4. The lowest BCUT2D eigenvalue weighted by atomic mass is 10.1. The Hall–Kier alpha value is -3.48. The van der Waals surface area contributed by atoms with Gasteiger partial charge in [-0.25, -0.2) is 4.98 Å². The third-order valence-corrected chi connectivity index (χ3v) is 6.03. The molecule has 1 atom stereocenters. The maximum Gasteiger partial charge on any atom is 0.258 e. The summed E-state index contributed by atoms with van der Waals surface area (Å²) in [4.78, 5) is 20.2. The standard InChI is InChI=1S/C25H29N3O4/c1-17-15-26-24(28(17)16-18-10-12-19(30-2)13-11-18)21-8-6-14-27(21)25(29)20-7-5-9-22(31-3)23(20)32-4/h5,7,9-13,15,21H,6,8,14,16H2,1-4H3. The third-order valence-electron chi connectivity index (χ3n) is 6.03. The number of para-hydroxylation sites is 1. The van der Waals surface area contributed by atoms with Crippen LogP contribution in [0.25, 0.3) is 0 Å². The first-order valence-corrected chi connectivity index (χ1v) is 10.7. The van der Waals surface area contributed by atoms with Gasteiger partial charge in [0.05, 0.1) is 32.9 Å². The van der Waals surface area contributed by atoms with E-state index in [0.29, 0.717) is 30.2 Å². The highest BCUT2D eigenvalue weighted by atomic mass is 16.5. The maximum atomic E-state index is 13.6. The number of likely N-dealkylation sites (tertiary alicyclic amines) is 1. The Morgan fingerprint density at radius 2 is 1.84 bits per heavy atom. The first-order valence-electron chi connectivity index (χ1n) is 10.7. The lowest BCUT2D eigenvalue weighted by Crippen LogP contribution is -2.32. The molecule has 0 saturated carbocycles. The van der Waals surface area contributed by atoms with Crippen LogP contribution < -0.4 is 14.2 Å². The molecule has 1 unspecified atom stereocenters. The molecule has 2 aromatic carbocycles. The van der Waals surface area contributed by atoms with Crippen LogP contribution >= 0.6 is 0 Å². The highest BCUT2D eigenvalue weighted by molar-refractivity contribution is 5.98. The molecule has 0 N–H and O–H groups in total. The zero-order valence-electron chi connectivity index (χ0n) is 19.0. The van der Waals surface area contributed by atoms with Crippen molar-refractivity contribution in [3.05, 3.63) is 71.3 Å². The number of amides is 1. The van der Waals surface area contributed by atoms with Crippen molar-refractivity contribution in [2.45, 2.75) is 32.4 Å². The average Bonchev–Trinajstić information content (AvgIpc) is 3.45. The summed E-state index contributed by atoms with van der Waals surface area (Å²) in [5, 5.41) is 0. The molecule has 1 aromatic heterocycles. The van der Waals surface area contributed by atoms with Crippen LogP contribution in [0.2, 0.25) is 0 Å². The molecular weight excluding hydrogens is 406 g/mol. The summed E-state index contributed by atoms with van der Waals surface area (Å²) in [5.74, 6) is 2.68. The van der Waals surface area contributed by atoms with Crippen LogP contribution in [0.3, 0.4) is 0 Å². The van der Waals surface area contributed by atoms with Gasteiger partial charge in [0.25, 0.3) is 5.91 Å². The molecule has 1 aliphatic heterocycles. The predicted molar refractivity (Wildman–Crippen MR) is 122 cm³/mol. The summed E-state index contributed by atoms with van der Waals surface area (Å²) >= 11 is 0. The van der Waals surface area contributed by atoms with Gasteiger partial charge in [-0.2, -0.15) is 0 Å². The number of hydrogen-bond donors (Lipinski definition) is 0. The number of nitrogens with zero attached hydrogens (tertiary/aromatic N) is 3. The van der Waals surface area contributed by atoms with Gasteiger partial charge in [0, 0.05) is 25.0 Å². The molecule has 2 heterocycles. The quantitative estimate of drug-likeness (QED) is 0.555. The minimum Gasteiger partial charge on any atom is -0.497 e. The number of carbonyl (C=O) groups excluding carboxylic acids is 1. The molecule has 0 spiro atoms. The fraction of sp³-hybridized carbons (Fsp3) is 0.360. The van der Waals surface area contributed by atoms with E-state index in [0.717, 1.165) is 35.7 Å². The van der Waals surface area contributed by atoms with Crippen molar-refractivity contribution in [1.82, 2.24) is 14.5 Å². The highest BCUT2D eigenvalue weighted by Gasteiger charge is 2.35.